The van der Waals surface area contributed by atoms with Crippen LogP contribution in [0.2, 0.25) is 0 Å². The van der Waals surface area contributed by atoms with Crippen molar-refractivity contribution in [3.63, 3.8) is 0 Å². The van der Waals surface area contributed by atoms with Crippen molar-refractivity contribution in [2.75, 3.05) is 0 Å². The van der Waals surface area contributed by atoms with Crippen LogP contribution in [0.5, 0.6) is 0 Å². The highest BCUT2D eigenvalue weighted by Crippen LogP contribution is 2.31. The molecule has 2 rings (SSSR count). The molecule has 1 atom stereocenters. The highest BCUT2D eigenvalue weighted by atomic mass is 79.9. The van der Waals surface area contributed by atoms with Crippen LogP contribution < -0.4 is 0 Å². The molecular weight excluding hydrogens is 292 g/mol. The van der Waals surface area contributed by atoms with E-state index >= 15 is 0 Å². The average molecular weight is 307 g/mol. The van der Waals surface area contributed by atoms with Crippen LogP contribution in [0.1, 0.15) is 23.3 Å². The van der Waals surface area contributed by atoms with Crippen molar-refractivity contribution in [3.8, 4) is 0 Å². The maximum absolute atomic E-state index is 3.46. The first-order valence-corrected chi connectivity index (χ1v) is 7.51. The molecule has 0 heterocycles. The third kappa shape index (κ3) is 3.90. The molecule has 0 radical (unpaired) electrons. The van der Waals surface area contributed by atoms with Crippen LogP contribution in [0, 0.1) is 0 Å². The average Bonchev–Trinajstić information content (AvgIpc) is 2.38. The highest BCUT2D eigenvalue weighted by Gasteiger charge is 2.05. The second kappa shape index (κ2) is 6.27. The molecule has 0 amide bonds. The molecule has 0 nitrogen and oxygen atoms in total. The van der Waals surface area contributed by atoms with E-state index in [2.05, 4.69) is 77.5 Å². The van der Waals surface area contributed by atoms with Gasteiger partial charge in [-0.1, -0.05) is 58.4 Å². The van der Waals surface area contributed by atoms with E-state index in [9.17, 15) is 0 Å². The second-order valence-corrected chi connectivity index (χ2v) is 6.24. The van der Waals surface area contributed by atoms with Gasteiger partial charge in [0, 0.05) is 15.5 Å². The van der Waals surface area contributed by atoms with Gasteiger partial charge in [0.2, 0.25) is 0 Å². The van der Waals surface area contributed by atoms with Gasteiger partial charge in [-0.15, -0.1) is 11.8 Å². The van der Waals surface area contributed by atoms with Gasteiger partial charge in [0.15, 0.2) is 0 Å². The fraction of sp³-hybridized carbons (Fsp3) is 0.200. The predicted molar refractivity (Wildman–Crippen MR) is 80.3 cm³/mol. The zero-order chi connectivity index (χ0) is 12.1. The van der Waals surface area contributed by atoms with Crippen LogP contribution in [0.4, 0.5) is 0 Å². The monoisotopic (exact) mass is 306 g/mol. The van der Waals surface area contributed by atoms with Gasteiger partial charge in [-0.25, -0.2) is 0 Å². The van der Waals surface area contributed by atoms with Crippen molar-refractivity contribution in [3.05, 3.63) is 70.2 Å². The van der Waals surface area contributed by atoms with E-state index in [4.69, 9.17) is 0 Å². The van der Waals surface area contributed by atoms with Crippen molar-refractivity contribution in [2.24, 2.45) is 0 Å². The van der Waals surface area contributed by atoms with Gasteiger partial charge in [0.25, 0.3) is 0 Å². The summed E-state index contributed by atoms with van der Waals surface area (Å²) in [7, 11) is 0. The largest absolute Gasteiger partial charge is 0.149 e. The molecule has 0 aliphatic heterocycles. The number of hydrogen-bond acceptors (Lipinski definition) is 1. The third-order valence-corrected chi connectivity index (χ3v) is 4.48. The van der Waals surface area contributed by atoms with E-state index in [-0.39, 0.29) is 0 Å². The lowest BCUT2D eigenvalue weighted by Gasteiger charge is -2.11. The summed E-state index contributed by atoms with van der Waals surface area (Å²) in [4.78, 5) is 0. The van der Waals surface area contributed by atoms with Crippen LogP contribution in [-0.4, -0.2) is 0 Å². The zero-order valence-corrected chi connectivity index (χ0v) is 12.2. The Hall–Kier alpha value is -0.730. The fourth-order valence-corrected chi connectivity index (χ4v) is 2.87. The molecule has 0 aromatic heterocycles. The molecule has 88 valence electrons. The summed E-state index contributed by atoms with van der Waals surface area (Å²) in [5, 5.41) is 0.531. The molecule has 0 N–H and O–H groups in total. The summed E-state index contributed by atoms with van der Waals surface area (Å²) in [6.45, 7) is 2.26. The Kier molecular flexibility index (Phi) is 4.69. The van der Waals surface area contributed by atoms with Gasteiger partial charge >= 0.3 is 0 Å². The standard InChI is InChI=1S/C15H15BrS/c1-12(14-7-9-15(16)10-8-14)17-11-13-5-3-2-4-6-13/h2-10,12H,11H2,1H3. The molecule has 2 aromatic rings. The maximum Gasteiger partial charge on any atom is 0.0272 e. The Bertz CT molecular complexity index is 450. The molecular formula is C15H15BrS. The van der Waals surface area contributed by atoms with E-state index in [1.807, 2.05) is 11.8 Å². The van der Waals surface area contributed by atoms with Crippen LogP contribution in [-0.2, 0) is 5.75 Å². The summed E-state index contributed by atoms with van der Waals surface area (Å²) in [6, 6.07) is 19.2. The van der Waals surface area contributed by atoms with E-state index in [1.165, 1.54) is 11.1 Å². The van der Waals surface area contributed by atoms with Crippen LogP contribution >= 0.6 is 27.7 Å². The molecule has 17 heavy (non-hydrogen) atoms. The molecule has 0 aliphatic carbocycles. The summed E-state index contributed by atoms with van der Waals surface area (Å²) in [6.07, 6.45) is 0. The fourth-order valence-electron chi connectivity index (χ4n) is 1.63. The number of hydrogen-bond donors (Lipinski definition) is 0. The molecule has 2 aromatic carbocycles. The summed E-state index contributed by atoms with van der Waals surface area (Å²) < 4.78 is 1.14. The molecule has 0 fully saturated rings. The zero-order valence-electron chi connectivity index (χ0n) is 9.77. The maximum atomic E-state index is 3.46. The first-order chi connectivity index (χ1) is 8.25. The van der Waals surface area contributed by atoms with E-state index < -0.39 is 0 Å². The lowest BCUT2D eigenvalue weighted by atomic mass is 10.2. The van der Waals surface area contributed by atoms with E-state index in [0.29, 0.717) is 5.25 Å². The minimum absolute atomic E-state index is 0.531. The molecule has 0 bridgehead atoms. The lowest BCUT2D eigenvalue weighted by Crippen LogP contribution is -1.89. The van der Waals surface area contributed by atoms with Crippen molar-refractivity contribution in [1.82, 2.24) is 0 Å². The quantitative estimate of drug-likeness (QED) is 0.724. The smallest absolute Gasteiger partial charge is 0.0272 e. The normalized spacial score (nSPS) is 12.4. The highest BCUT2D eigenvalue weighted by molar-refractivity contribution is 9.10. The molecule has 0 aliphatic rings. The van der Waals surface area contributed by atoms with Crippen LogP contribution in [0.3, 0.4) is 0 Å². The number of rotatable bonds is 4. The van der Waals surface area contributed by atoms with Gasteiger partial charge in [-0.3, -0.25) is 0 Å². The molecule has 2 heteroatoms. The van der Waals surface area contributed by atoms with Crippen molar-refractivity contribution in [1.29, 1.82) is 0 Å². The first-order valence-electron chi connectivity index (χ1n) is 5.66. The van der Waals surface area contributed by atoms with E-state index in [0.717, 1.165) is 10.2 Å². The Labute approximate surface area is 116 Å². The van der Waals surface area contributed by atoms with Crippen LogP contribution in [0.15, 0.2) is 59.1 Å². The predicted octanol–water partition coefficient (Wildman–Crippen LogP) is 5.44. The van der Waals surface area contributed by atoms with Gasteiger partial charge in [-0.2, -0.15) is 0 Å². The van der Waals surface area contributed by atoms with Crippen LogP contribution in [0.25, 0.3) is 0 Å². The second-order valence-electron chi connectivity index (χ2n) is 3.99. The van der Waals surface area contributed by atoms with Crippen molar-refractivity contribution < 1.29 is 0 Å². The van der Waals surface area contributed by atoms with Crippen molar-refractivity contribution in [2.45, 2.75) is 17.9 Å². The Morgan fingerprint density at radius 1 is 1.00 bits per heavy atom. The van der Waals surface area contributed by atoms with E-state index in [1.54, 1.807) is 0 Å². The lowest BCUT2D eigenvalue weighted by molar-refractivity contribution is 1.09. The Morgan fingerprint density at radius 2 is 1.65 bits per heavy atom. The SMILES string of the molecule is CC(SCc1ccccc1)c1ccc(Br)cc1. The minimum Gasteiger partial charge on any atom is -0.149 e. The summed E-state index contributed by atoms with van der Waals surface area (Å²) >= 11 is 5.44. The molecule has 1 unspecified atom stereocenters. The molecule has 0 saturated carbocycles. The Balaban J connectivity index is 1.93. The molecule has 0 spiro atoms. The topological polar surface area (TPSA) is 0 Å². The summed E-state index contributed by atoms with van der Waals surface area (Å²) in [5.41, 5.74) is 2.77. The summed E-state index contributed by atoms with van der Waals surface area (Å²) in [5.74, 6) is 1.07. The first kappa shape index (κ1) is 12.7. The van der Waals surface area contributed by atoms with Gasteiger partial charge in [0.1, 0.15) is 0 Å². The third-order valence-electron chi connectivity index (χ3n) is 2.68. The van der Waals surface area contributed by atoms with Gasteiger partial charge in [-0.05, 0) is 30.2 Å². The van der Waals surface area contributed by atoms with Crippen molar-refractivity contribution >= 4 is 27.7 Å². The number of benzene rings is 2. The Morgan fingerprint density at radius 3 is 2.29 bits per heavy atom. The minimum atomic E-state index is 0.531. The van der Waals surface area contributed by atoms with Gasteiger partial charge in [0.05, 0.1) is 0 Å². The van der Waals surface area contributed by atoms with Gasteiger partial charge < -0.3 is 0 Å². The number of halogens is 1. The molecule has 0 saturated heterocycles. The number of thioether (sulfide) groups is 1.